The van der Waals surface area contributed by atoms with Gasteiger partial charge in [-0.15, -0.1) is 0 Å². The summed E-state index contributed by atoms with van der Waals surface area (Å²) in [5, 5.41) is 1.14. The van der Waals surface area contributed by atoms with Crippen molar-refractivity contribution in [1.29, 1.82) is 0 Å². The summed E-state index contributed by atoms with van der Waals surface area (Å²) >= 11 is 15.9. The molecule has 0 amide bonds. The smallest absolute Gasteiger partial charge is 0.127 e. The molecular weight excluding hydrogens is 350 g/mol. The van der Waals surface area contributed by atoms with Gasteiger partial charge in [-0.05, 0) is 36.6 Å². The molecule has 0 aliphatic heterocycles. The van der Waals surface area contributed by atoms with Crippen molar-refractivity contribution in [3.8, 4) is 0 Å². The van der Waals surface area contributed by atoms with Gasteiger partial charge in [0.2, 0.25) is 0 Å². The molecule has 0 spiro atoms. The summed E-state index contributed by atoms with van der Waals surface area (Å²) in [5.74, 6) is -0.291. The lowest BCUT2D eigenvalue weighted by atomic mass is 10.0. The molecule has 0 heterocycles. The molecule has 100 valence electrons. The van der Waals surface area contributed by atoms with Gasteiger partial charge in [0.1, 0.15) is 5.82 Å². The molecule has 0 fully saturated rings. The summed E-state index contributed by atoms with van der Waals surface area (Å²) in [6.07, 6.45) is 0.453. The fourth-order valence-corrected chi connectivity index (χ4v) is 3.26. The zero-order valence-corrected chi connectivity index (χ0v) is 13.4. The van der Waals surface area contributed by atoms with Crippen LogP contribution in [0.1, 0.15) is 21.5 Å². The van der Waals surface area contributed by atoms with Gasteiger partial charge in [-0.3, -0.25) is 0 Å². The molecule has 0 aliphatic carbocycles. The molecule has 1 unspecified atom stereocenters. The van der Waals surface area contributed by atoms with Gasteiger partial charge in [0.15, 0.2) is 0 Å². The SMILES string of the molecule is Cc1cccc(C(Br)Cc2c(F)cccc2Cl)c1Cl. The topological polar surface area (TPSA) is 0 Å². The van der Waals surface area contributed by atoms with E-state index in [1.807, 2.05) is 25.1 Å². The Morgan fingerprint density at radius 3 is 2.53 bits per heavy atom. The van der Waals surface area contributed by atoms with Gasteiger partial charge in [-0.2, -0.15) is 0 Å². The Labute approximate surface area is 130 Å². The number of rotatable bonds is 3. The first kappa shape index (κ1) is 14.8. The number of benzene rings is 2. The highest BCUT2D eigenvalue weighted by atomic mass is 79.9. The van der Waals surface area contributed by atoms with Crippen LogP contribution in [0.5, 0.6) is 0 Å². The zero-order chi connectivity index (χ0) is 14.0. The minimum Gasteiger partial charge on any atom is -0.207 e. The maximum Gasteiger partial charge on any atom is 0.127 e. The lowest BCUT2D eigenvalue weighted by molar-refractivity contribution is 0.608. The summed E-state index contributed by atoms with van der Waals surface area (Å²) in [6, 6.07) is 10.5. The number of halogens is 4. The molecule has 0 radical (unpaired) electrons. The standard InChI is InChI=1S/C15H12BrCl2F/c1-9-4-2-5-10(15(9)18)12(16)8-11-13(17)6-3-7-14(11)19/h2-7,12H,8H2,1H3. The molecule has 0 aromatic heterocycles. The van der Waals surface area contributed by atoms with E-state index in [1.54, 1.807) is 12.1 Å². The zero-order valence-electron chi connectivity index (χ0n) is 10.3. The van der Waals surface area contributed by atoms with Gasteiger partial charge in [-0.25, -0.2) is 4.39 Å². The summed E-state index contributed by atoms with van der Waals surface area (Å²) in [6.45, 7) is 1.95. The average Bonchev–Trinajstić information content (AvgIpc) is 2.37. The highest BCUT2D eigenvalue weighted by Crippen LogP contribution is 2.35. The second-order valence-corrected chi connectivity index (χ2v) is 6.24. The minimum atomic E-state index is -0.291. The van der Waals surface area contributed by atoms with E-state index in [2.05, 4.69) is 15.9 Å². The highest BCUT2D eigenvalue weighted by molar-refractivity contribution is 9.09. The maximum atomic E-state index is 13.8. The summed E-state index contributed by atoms with van der Waals surface area (Å²) in [4.78, 5) is -0.0747. The molecule has 0 saturated carbocycles. The lowest BCUT2D eigenvalue weighted by Gasteiger charge is -2.15. The van der Waals surface area contributed by atoms with Crippen molar-refractivity contribution >= 4 is 39.1 Å². The van der Waals surface area contributed by atoms with Gasteiger partial charge in [0.05, 0.1) is 0 Å². The molecule has 0 saturated heterocycles. The Bertz CT molecular complexity index is 578. The predicted molar refractivity (Wildman–Crippen MR) is 83.0 cm³/mol. The van der Waals surface area contributed by atoms with Crippen LogP contribution >= 0.6 is 39.1 Å². The van der Waals surface area contributed by atoms with Gasteiger partial charge in [-0.1, -0.05) is 63.4 Å². The number of hydrogen-bond acceptors (Lipinski definition) is 0. The fourth-order valence-electron chi connectivity index (χ4n) is 1.93. The van der Waals surface area contributed by atoms with Crippen molar-refractivity contribution in [2.75, 3.05) is 0 Å². The Kier molecular flexibility index (Phi) is 4.88. The highest BCUT2D eigenvalue weighted by Gasteiger charge is 2.17. The van der Waals surface area contributed by atoms with Crippen molar-refractivity contribution in [3.63, 3.8) is 0 Å². The molecule has 0 aliphatic rings. The number of alkyl halides is 1. The van der Waals surface area contributed by atoms with Crippen molar-refractivity contribution in [2.45, 2.75) is 18.2 Å². The Hall–Kier alpha value is -0.570. The van der Waals surface area contributed by atoms with Gasteiger partial charge < -0.3 is 0 Å². The van der Waals surface area contributed by atoms with Crippen LogP contribution in [0.4, 0.5) is 4.39 Å². The normalized spacial score (nSPS) is 12.5. The van der Waals surface area contributed by atoms with E-state index >= 15 is 0 Å². The van der Waals surface area contributed by atoms with Crippen molar-refractivity contribution in [3.05, 3.63) is 69.0 Å². The van der Waals surface area contributed by atoms with Crippen LogP contribution in [-0.4, -0.2) is 0 Å². The Morgan fingerprint density at radius 2 is 1.84 bits per heavy atom. The molecule has 0 N–H and O–H groups in total. The van der Waals surface area contributed by atoms with E-state index < -0.39 is 0 Å². The molecule has 0 nitrogen and oxygen atoms in total. The van der Waals surface area contributed by atoms with Gasteiger partial charge >= 0.3 is 0 Å². The van der Waals surface area contributed by atoms with Crippen LogP contribution in [0.3, 0.4) is 0 Å². The van der Waals surface area contributed by atoms with E-state index in [1.165, 1.54) is 6.07 Å². The summed E-state index contributed by atoms with van der Waals surface area (Å²) in [5.41, 5.74) is 2.45. The van der Waals surface area contributed by atoms with Crippen LogP contribution in [-0.2, 0) is 6.42 Å². The fraction of sp³-hybridized carbons (Fsp3) is 0.200. The molecule has 19 heavy (non-hydrogen) atoms. The third-order valence-electron chi connectivity index (χ3n) is 3.00. The first-order valence-corrected chi connectivity index (χ1v) is 7.50. The van der Waals surface area contributed by atoms with E-state index in [0.717, 1.165) is 11.1 Å². The Balaban J connectivity index is 2.31. The van der Waals surface area contributed by atoms with Crippen LogP contribution in [0.25, 0.3) is 0 Å². The molecule has 2 aromatic rings. The van der Waals surface area contributed by atoms with E-state index in [0.29, 0.717) is 22.0 Å². The van der Waals surface area contributed by atoms with E-state index in [-0.39, 0.29) is 10.6 Å². The summed E-state index contributed by atoms with van der Waals surface area (Å²) in [7, 11) is 0. The lowest BCUT2D eigenvalue weighted by Crippen LogP contribution is -2.00. The van der Waals surface area contributed by atoms with Crippen molar-refractivity contribution in [2.24, 2.45) is 0 Å². The third kappa shape index (κ3) is 3.31. The Morgan fingerprint density at radius 1 is 1.16 bits per heavy atom. The molecule has 0 bridgehead atoms. The largest absolute Gasteiger partial charge is 0.207 e. The summed E-state index contributed by atoms with van der Waals surface area (Å²) < 4.78 is 13.8. The van der Waals surface area contributed by atoms with E-state index in [4.69, 9.17) is 23.2 Å². The van der Waals surface area contributed by atoms with Crippen LogP contribution in [0, 0.1) is 12.7 Å². The van der Waals surface area contributed by atoms with Crippen LogP contribution in [0.2, 0.25) is 10.0 Å². The maximum absolute atomic E-state index is 13.8. The van der Waals surface area contributed by atoms with Crippen LogP contribution < -0.4 is 0 Å². The molecule has 2 aromatic carbocycles. The van der Waals surface area contributed by atoms with Gasteiger partial charge in [0.25, 0.3) is 0 Å². The van der Waals surface area contributed by atoms with Crippen molar-refractivity contribution in [1.82, 2.24) is 0 Å². The van der Waals surface area contributed by atoms with Crippen molar-refractivity contribution < 1.29 is 4.39 Å². The first-order chi connectivity index (χ1) is 9.00. The first-order valence-electron chi connectivity index (χ1n) is 5.82. The van der Waals surface area contributed by atoms with E-state index in [9.17, 15) is 4.39 Å². The van der Waals surface area contributed by atoms with Gasteiger partial charge in [0, 0.05) is 20.4 Å². The molecule has 4 heteroatoms. The van der Waals surface area contributed by atoms with Crippen LogP contribution in [0.15, 0.2) is 36.4 Å². The second-order valence-electron chi connectivity index (χ2n) is 4.35. The monoisotopic (exact) mass is 360 g/mol. The molecular formula is C15H12BrCl2F. The minimum absolute atomic E-state index is 0.0747. The quantitative estimate of drug-likeness (QED) is 0.577. The molecule has 1 atom stereocenters. The second kappa shape index (κ2) is 6.25. The third-order valence-corrected chi connectivity index (χ3v) is 4.69. The molecule has 2 rings (SSSR count). The predicted octanol–water partition coefficient (Wildman–Crippen LogP) is 6.12. The number of aryl methyl sites for hydroxylation is 1. The average molecular weight is 362 g/mol. The number of hydrogen-bond donors (Lipinski definition) is 0.